The van der Waals surface area contributed by atoms with E-state index >= 15 is 0 Å². The summed E-state index contributed by atoms with van der Waals surface area (Å²) in [6.45, 7) is 8.04. The van der Waals surface area contributed by atoms with Crippen LogP contribution in [0.1, 0.15) is 25.1 Å². The first kappa shape index (κ1) is 14.0. The number of carbonyl (C=O) groups is 1. The van der Waals surface area contributed by atoms with Crippen molar-refractivity contribution in [1.82, 2.24) is 20.0 Å². The molecule has 1 aromatic rings. The number of aromatic nitrogens is 2. The highest BCUT2D eigenvalue weighted by Gasteiger charge is 2.18. The molecule has 1 aliphatic rings. The summed E-state index contributed by atoms with van der Waals surface area (Å²) in [6.07, 6.45) is 0.322. The Morgan fingerprint density at radius 1 is 1.21 bits per heavy atom. The highest BCUT2D eigenvalue weighted by Crippen LogP contribution is 2.08. The molecule has 1 aliphatic heterocycles. The molecule has 0 amide bonds. The van der Waals surface area contributed by atoms with E-state index in [-0.39, 0.29) is 6.42 Å². The molecule has 0 unspecified atom stereocenters. The molecule has 2 heterocycles. The van der Waals surface area contributed by atoms with Gasteiger partial charge in [0.05, 0.1) is 13.0 Å². The van der Waals surface area contributed by atoms with Crippen molar-refractivity contribution in [3.05, 3.63) is 11.8 Å². The van der Waals surface area contributed by atoms with Crippen molar-refractivity contribution in [3.63, 3.8) is 0 Å². The molecule has 1 aromatic heterocycles. The van der Waals surface area contributed by atoms with Gasteiger partial charge in [-0.2, -0.15) is 0 Å². The van der Waals surface area contributed by atoms with E-state index in [0.717, 1.165) is 32.7 Å². The second-order valence-electron chi connectivity index (χ2n) is 4.69. The molecule has 0 spiro atoms. The summed E-state index contributed by atoms with van der Waals surface area (Å²) in [7, 11) is 0. The Kier molecular flexibility index (Phi) is 4.86. The molecular formula is C12H20N4O3. The number of aryl methyl sites for hydroxylation is 1. The first-order valence-corrected chi connectivity index (χ1v) is 6.65. The Bertz CT molecular complexity index is 413. The molecule has 0 aliphatic carbocycles. The first-order chi connectivity index (χ1) is 9.17. The number of carboxylic acids is 1. The third kappa shape index (κ3) is 4.29. The van der Waals surface area contributed by atoms with Crippen LogP contribution in [0.4, 0.5) is 0 Å². The summed E-state index contributed by atoms with van der Waals surface area (Å²) in [4.78, 5) is 15.1. The average Bonchev–Trinajstić information content (AvgIpc) is 2.85. The average molecular weight is 268 g/mol. The predicted octanol–water partition coefficient (Wildman–Crippen LogP) is 0.224. The fraction of sp³-hybridized carbons (Fsp3) is 0.750. The maximum atomic E-state index is 10.5. The van der Waals surface area contributed by atoms with Gasteiger partial charge in [0.25, 0.3) is 0 Å². The molecule has 106 valence electrons. The minimum absolute atomic E-state index is 0.0246. The molecule has 7 heteroatoms. The van der Waals surface area contributed by atoms with Gasteiger partial charge in [-0.25, -0.2) is 0 Å². The number of aliphatic carboxylic acids is 1. The van der Waals surface area contributed by atoms with Crippen LogP contribution in [-0.2, 0) is 17.8 Å². The second-order valence-corrected chi connectivity index (χ2v) is 4.69. The van der Waals surface area contributed by atoms with Gasteiger partial charge in [0, 0.05) is 32.6 Å². The van der Waals surface area contributed by atoms with Gasteiger partial charge < -0.3 is 14.4 Å². The molecule has 1 fully saturated rings. The normalized spacial score (nSPS) is 17.7. The number of piperazine rings is 1. The van der Waals surface area contributed by atoms with E-state index in [1.165, 1.54) is 0 Å². The summed E-state index contributed by atoms with van der Waals surface area (Å²) in [5.74, 6) is 0.130. The molecule has 0 saturated carbocycles. The van der Waals surface area contributed by atoms with Crippen molar-refractivity contribution in [2.45, 2.75) is 26.3 Å². The van der Waals surface area contributed by atoms with Crippen molar-refractivity contribution in [2.24, 2.45) is 0 Å². The number of carboxylic acid groups (broad SMARTS) is 1. The Balaban J connectivity index is 1.78. The Hall–Kier alpha value is -1.47. The summed E-state index contributed by atoms with van der Waals surface area (Å²) < 4.78 is 5.45. The molecule has 1 saturated heterocycles. The zero-order chi connectivity index (χ0) is 13.7. The number of hydrogen-bond acceptors (Lipinski definition) is 6. The van der Waals surface area contributed by atoms with Crippen molar-refractivity contribution in [2.75, 3.05) is 32.7 Å². The molecule has 19 heavy (non-hydrogen) atoms. The van der Waals surface area contributed by atoms with Crippen LogP contribution in [0.15, 0.2) is 4.42 Å². The Morgan fingerprint density at radius 3 is 2.47 bits per heavy atom. The topological polar surface area (TPSA) is 82.7 Å². The lowest BCUT2D eigenvalue weighted by Gasteiger charge is -2.33. The zero-order valence-electron chi connectivity index (χ0n) is 11.2. The van der Waals surface area contributed by atoms with Crippen molar-refractivity contribution < 1.29 is 14.3 Å². The third-order valence-corrected chi connectivity index (χ3v) is 3.33. The highest BCUT2D eigenvalue weighted by molar-refractivity contribution is 5.66. The molecule has 0 aromatic carbocycles. The van der Waals surface area contributed by atoms with Gasteiger partial charge in [0.15, 0.2) is 0 Å². The van der Waals surface area contributed by atoms with E-state index in [2.05, 4.69) is 26.9 Å². The highest BCUT2D eigenvalue weighted by atomic mass is 16.4. The van der Waals surface area contributed by atoms with Gasteiger partial charge in [-0.1, -0.05) is 6.92 Å². The zero-order valence-corrected chi connectivity index (χ0v) is 11.2. The summed E-state index contributed by atoms with van der Waals surface area (Å²) in [6, 6.07) is 0. The molecule has 2 rings (SSSR count). The standard InChI is InChI=1S/C12H20N4O3/c1-2-15-5-7-16(8-6-15)9-11-14-13-10(19-11)3-4-12(17)18/h2-9H2,1H3,(H,17,18). The van der Waals surface area contributed by atoms with E-state index in [9.17, 15) is 4.79 Å². The van der Waals surface area contributed by atoms with Crippen LogP contribution in [0.3, 0.4) is 0 Å². The Morgan fingerprint density at radius 2 is 1.84 bits per heavy atom. The maximum absolute atomic E-state index is 10.5. The van der Waals surface area contributed by atoms with Crippen LogP contribution in [0.5, 0.6) is 0 Å². The van der Waals surface area contributed by atoms with E-state index < -0.39 is 5.97 Å². The van der Waals surface area contributed by atoms with Gasteiger partial charge in [0.2, 0.25) is 11.8 Å². The molecule has 0 bridgehead atoms. The first-order valence-electron chi connectivity index (χ1n) is 6.65. The van der Waals surface area contributed by atoms with E-state index in [1.54, 1.807) is 0 Å². The quantitative estimate of drug-likeness (QED) is 0.790. The molecule has 0 radical (unpaired) electrons. The molecular weight excluding hydrogens is 248 g/mol. The van der Waals surface area contributed by atoms with Crippen molar-refractivity contribution in [1.29, 1.82) is 0 Å². The van der Waals surface area contributed by atoms with Gasteiger partial charge >= 0.3 is 5.97 Å². The Labute approximate surface area is 112 Å². The van der Waals surface area contributed by atoms with Crippen LogP contribution >= 0.6 is 0 Å². The third-order valence-electron chi connectivity index (χ3n) is 3.33. The van der Waals surface area contributed by atoms with Crippen molar-refractivity contribution >= 4 is 5.97 Å². The van der Waals surface area contributed by atoms with Gasteiger partial charge in [0.1, 0.15) is 0 Å². The lowest BCUT2D eigenvalue weighted by atomic mass is 10.3. The predicted molar refractivity (Wildman–Crippen MR) is 67.6 cm³/mol. The molecule has 7 nitrogen and oxygen atoms in total. The number of nitrogens with zero attached hydrogens (tertiary/aromatic N) is 4. The van der Waals surface area contributed by atoms with Gasteiger partial charge in [-0.3, -0.25) is 9.69 Å². The van der Waals surface area contributed by atoms with Gasteiger partial charge in [-0.15, -0.1) is 10.2 Å². The number of likely N-dealkylation sites (N-methyl/N-ethyl adjacent to an activating group) is 1. The maximum Gasteiger partial charge on any atom is 0.303 e. The lowest BCUT2D eigenvalue weighted by molar-refractivity contribution is -0.137. The summed E-state index contributed by atoms with van der Waals surface area (Å²) in [5.41, 5.74) is 0. The fourth-order valence-corrected chi connectivity index (χ4v) is 2.12. The van der Waals surface area contributed by atoms with Crippen LogP contribution in [0.25, 0.3) is 0 Å². The van der Waals surface area contributed by atoms with Crippen LogP contribution in [0.2, 0.25) is 0 Å². The largest absolute Gasteiger partial charge is 0.481 e. The monoisotopic (exact) mass is 268 g/mol. The summed E-state index contributed by atoms with van der Waals surface area (Å²) in [5, 5.41) is 16.4. The fourth-order valence-electron chi connectivity index (χ4n) is 2.12. The minimum atomic E-state index is -0.851. The van der Waals surface area contributed by atoms with Crippen LogP contribution in [-0.4, -0.2) is 63.8 Å². The smallest absolute Gasteiger partial charge is 0.303 e. The van der Waals surface area contributed by atoms with Gasteiger partial charge in [-0.05, 0) is 6.54 Å². The minimum Gasteiger partial charge on any atom is -0.481 e. The van der Waals surface area contributed by atoms with Crippen LogP contribution < -0.4 is 0 Å². The summed E-state index contributed by atoms with van der Waals surface area (Å²) >= 11 is 0. The van der Waals surface area contributed by atoms with E-state index in [4.69, 9.17) is 9.52 Å². The number of rotatable bonds is 6. The lowest BCUT2D eigenvalue weighted by Crippen LogP contribution is -2.45. The van der Waals surface area contributed by atoms with E-state index in [0.29, 0.717) is 24.7 Å². The second kappa shape index (κ2) is 6.63. The molecule has 0 atom stereocenters. The van der Waals surface area contributed by atoms with E-state index in [1.807, 2.05) is 0 Å². The SMILES string of the molecule is CCN1CCN(Cc2nnc(CCC(=O)O)o2)CC1. The number of hydrogen-bond donors (Lipinski definition) is 1. The van der Waals surface area contributed by atoms with Crippen molar-refractivity contribution in [3.8, 4) is 0 Å². The molecule has 1 N–H and O–H groups in total. The van der Waals surface area contributed by atoms with Crippen LogP contribution in [0, 0.1) is 0 Å².